The van der Waals surface area contributed by atoms with Gasteiger partial charge in [0.05, 0.1) is 0 Å². The third kappa shape index (κ3) is 3.07. The molecule has 2 rings (SSSR count). The van der Waals surface area contributed by atoms with Gasteiger partial charge in [-0.3, -0.25) is 0 Å². The minimum absolute atomic E-state index is 0.506. The second kappa shape index (κ2) is 5.62. The largest absolute Gasteiger partial charge is 0.329 e. The molecule has 100 valence electrons. The highest BCUT2D eigenvalue weighted by Gasteiger charge is 2.08. The summed E-state index contributed by atoms with van der Waals surface area (Å²) in [4.78, 5) is 6.72. The molecule has 1 heterocycles. The predicted octanol–water partition coefficient (Wildman–Crippen LogP) is 4.51. The summed E-state index contributed by atoms with van der Waals surface area (Å²) in [5.74, 6) is 1.45. The van der Waals surface area contributed by atoms with E-state index in [4.69, 9.17) is 11.6 Å². The lowest BCUT2D eigenvalue weighted by Gasteiger charge is -2.20. The number of nitrogens with zero attached hydrogens (tertiary/aromatic N) is 2. The lowest BCUT2D eigenvalue weighted by atomic mass is 10.1. The first kappa shape index (κ1) is 13.9. The molecule has 0 aliphatic heterocycles. The molecule has 0 saturated carbocycles. The van der Waals surface area contributed by atoms with E-state index in [0.717, 1.165) is 22.8 Å². The van der Waals surface area contributed by atoms with Gasteiger partial charge in [0.1, 0.15) is 5.82 Å². The van der Waals surface area contributed by atoms with Crippen molar-refractivity contribution in [3.63, 3.8) is 0 Å². The number of alkyl halides is 1. The Hall–Kier alpha value is -1.54. The van der Waals surface area contributed by atoms with Gasteiger partial charge >= 0.3 is 0 Å². The SMILES string of the molecule is Cc1cc(C)cc(N(C)c2ccc(CCl)c(C)n2)c1. The molecule has 0 radical (unpaired) electrons. The van der Waals surface area contributed by atoms with Crippen LogP contribution in [0.2, 0.25) is 0 Å². The fraction of sp³-hybridized carbons (Fsp3) is 0.312. The summed E-state index contributed by atoms with van der Waals surface area (Å²) < 4.78 is 0. The fourth-order valence-electron chi connectivity index (χ4n) is 2.18. The molecule has 0 aliphatic rings. The van der Waals surface area contributed by atoms with Crippen molar-refractivity contribution in [3.05, 3.63) is 52.7 Å². The first-order chi connectivity index (χ1) is 9.01. The molecule has 0 fully saturated rings. The molecule has 0 N–H and O–H groups in total. The van der Waals surface area contributed by atoms with E-state index in [2.05, 4.69) is 41.9 Å². The number of hydrogen-bond acceptors (Lipinski definition) is 2. The van der Waals surface area contributed by atoms with Gasteiger partial charge in [0.15, 0.2) is 0 Å². The Morgan fingerprint density at radius 1 is 1.05 bits per heavy atom. The van der Waals surface area contributed by atoms with Crippen LogP contribution in [0.15, 0.2) is 30.3 Å². The van der Waals surface area contributed by atoms with Crippen molar-refractivity contribution in [1.29, 1.82) is 0 Å². The van der Waals surface area contributed by atoms with E-state index in [0.29, 0.717) is 5.88 Å². The summed E-state index contributed by atoms with van der Waals surface area (Å²) in [6.07, 6.45) is 0. The van der Waals surface area contributed by atoms with Crippen LogP contribution < -0.4 is 4.90 Å². The second-order valence-corrected chi connectivity index (χ2v) is 5.22. The Morgan fingerprint density at radius 3 is 2.21 bits per heavy atom. The maximum absolute atomic E-state index is 5.87. The predicted molar refractivity (Wildman–Crippen MR) is 82.5 cm³/mol. The molecule has 2 aromatic rings. The van der Waals surface area contributed by atoms with Gasteiger partial charge in [-0.1, -0.05) is 12.1 Å². The number of anilines is 2. The van der Waals surface area contributed by atoms with E-state index >= 15 is 0 Å². The van der Waals surface area contributed by atoms with Crippen LogP contribution in [0, 0.1) is 20.8 Å². The van der Waals surface area contributed by atoms with Gasteiger partial charge in [-0.15, -0.1) is 11.6 Å². The van der Waals surface area contributed by atoms with Crippen LogP contribution in [0.1, 0.15) is 22.4 Å². The highest BCUT2D eigenvalue weighted by atomic mass is 35.5. The highest BCUT2D eigenvalue weighted by molar-refractivity contribution is 6.17. The molecule has 0 bridgehead atoms. The van der Waals surface area contributed by atoms with Crippen LogP contribution in [0.4, 0.5) is 11.5 Å². The van der Waals surface area contributed by atoms with E-state index in [-0.39, 0.29) is 0 Å². The average molecular weight is 275 g/mol. The molecule has 0 amide bonds. The lowest BCUT2D eigenvalue weighted by molar-refractivity contribution is 1.06. The average Bonchev–Trinajstić information content (AvgIpc) is 2.36. The minimum Gasteiger partial charge on any atom is -0.329 e. The molecule has 3 heteroatoms. The van der Waals surface area contributed by atoms with Crippen LogP contribution in [0.3, 0.4) is 0 Å². The van der Waals surface area contributed by atoms with E-state index in [9.17, 15) is 0 Å². The monoisotopic (exact) mass is 274 g/mol. The number of pyridine rings is 1. The summed E-state index contributed by atoms with van der Waals surface area (Å²) in [7, 11) is 2.04. The zero-order valence-corrected chi connectivity index (χ0v) is 12.6. The molecule has 1 aromatic heterocycles. The van der Waals surface area contributed by atoms with Gasteiger partial charge < -0.3 is 4.90 Å². The maximum Gasteiger partial charge on any atom is 0.132 e. The molecule has 0 spiro atoms. The van der Waals surface area contributed by atoms with Crippen LogP contribution in [0.5, 0.6) is 0 Å². The van der Waals surface area contributed by atoms with E-state index in [1.807, 2.05) is 26.1 Å². The van der Waals surface area contributed by atoms with Crippen molar-refractivity contribution in [2.24, 2.45) is 0 Å². The second-order valence-electron chi connectivity index (χ2n) is 4.95. The van der Waals surface area contributed by atoms with Gasteiger partial charge in [-0.25, -0.2) is 4.98 Å². The molecule has 1 aromatic carbocycles. The summed E-state index contributed by atoms with van der Waals surface area (Å²) in [5, 5.41) is 0. The molecule has 0 saturated heterocycles. The summed E-state index contributed by atoms with van der Waals surface area (Å²) >= 11 is 5.87. The Balaban J connectivity index is 2.38. The van der Waals surface area contributed by atoms with E-state index < -0.39 is 0 Å². The molecule has 0 atom stereocenters. The van der Waals surface area contributed by atoms with Crippen LogP contribution in [-0.2, 0) is 5.88 Å². The summed E-state index contributed by atoms with van der Waals surface area (Å²) in [5.41, 5.74) is 5.75. The molecule has 0 aliphatic carbocycles. The summed E-state index contributed by atoms with van der Waals surface area (Å²) in [6, 6.07) is 10.6. The zero-order chi connectivity index (χ0) is 14.0. The van der Waals surface area contributed by atoms with Gasteiger partial charge in [0.25, 0.3) is 0 Å². The van der Waals surface area contributed by atoms with Crippen molar-refractivity contribution in [3.8, 4) is 0 Å². The van der Waals surface area contributed by atoms with E-state index in [1.165, 1.54) is 11.1 Å². The maximum atomic E-state index is 5.87. The van der Waals surface area contributed by atoms with Gasteiger partial charge in [-0.05, 0) is 55.7 Å². The van der Waals surface area contributed by atoms with E-state index in [1.54, 1.807) is 0 Å². The van der Waals surface area contributed by atoms with Crippen molar-refractivity contribution in [1.82, 2.24) is 4.98 Å². The Labute approximate surface area is 120 Å². The molecular formula is C16H19ClN2. The highest BCUT2D eigenvalue weighted by Crippen LogP contribution is 2.25. The Kier molecular flexibility index (Phi) is 4.11. The molecule has 2 nitrogen and oxygen atoms in total. The lowest BCUT2D eigenvalue weighted by Crippen LogP contribution is -2.12. The quantitative estimate of drug-likeness (QED) is 0.766. The van der Waals surface area contributed by atoms with Crippen molar-refractivity contribution in [2.75, 3.05) is 11.9 Å². The van der Waals surface area contributed by atoms with Crippen LogP contribution >= 0.6 is 11.6 Å². The standard InChI is InChI=1S/C16H19ClN2/c1-11-7-12(2)9-15(8-11)19(4)16-6-5-14(10-17)13(3)18-16/h5-9H,10H2,1-4H3. The molecule has 0 unspecified atom stereocenters. The van der Waals surface area contributed by atoms with Crippen LogP contribution in [0.25, 0.3) is 0 Å². The number of hydrogen-bond donors (Lipinski definition) is 0. The normalized spacial score (nSPS) is 10.6. The zero-order valence-electron chi connectivity index (χ0n) is 11.9. The molecule has 19 heavy (non-hydrogen) atoms. The Morgan fingerprint density at radius 2 is 1.68 bits per heavy atom. The number of aryl methyl sites for hydroxylation is 3. The number of aromatic nitrogens is 1. The first-order valence-corrected chi connectivity index (χ1v) is 6.89. The van der Waals surface area contributed by atoms with Crippen molar-refractivity contribution in [2.45, 2.75) is 26.7 Å². The number of benzene rings is 1. The summed E-state index contributed by atoms with van der Waals surface area (Å²) in [6.45, 7) is 6.22. The Bertz CT molecular complexity index is 573. The van der Waals surface area contributed by atoms with Crippen molar-refractivity contribution < 1.29 is 0 Å². The minimum atomic E-state index is 0.506. The van der Waals surface area contributed by atoms with Crippen LogP contribution in [-0.4, -0.2) is 12.0 Å². The van der Waals surface area contributed by atoms with Gasteiger partial charge in [-0.2, -0.15) is 0 Å². The third-order valence-electron chi connectivity index (χ3n) is 3.26. The fourth-order valence-corrected chi connectivity index (χ4v) is 2.46. The van der Waals surface area contributed by atoms with Crippen molar-refractivity contribution >= 4 is 23.1 Å². The first-order valence-electron chi connectivity index (χ1n) is 6.36. The number of rotatable bonds is 3. The smallest absolute Gasteiger partial charge is 0.132 e. The molecular weight excluding hydrogens is 256 g/mol. The topological polar surface area (TPSA) is 16.1 Å². The van der Waals surface area contributed by atoms with Gasteiger partial charge in [0, 0.05) is 24.3 Å². The van der Waals surface area contributed by atoms with Gasteiger partial charge in [0.2, 0.25) is 0 Å². The third-order valence-corrected chi connectivity index (χ3v) is 3.55. The number of halogens is 1.